The number of aryl methyl sites for hydroxylation is 1. The minimum Gasteiger partial charge on any atom is -0.346 e. The SMILES string of the molecule is C=CC1CC1(NC(=O)[C@@H]1C[C@@H](NC(=O)c2cc3ccccc3n2C)CN1C(=O)[C@@H](NC(=O)CC1CC1)C(C)(C)C)C(=O)NS(=O)(=O)C1CC1. The van der Waals surface area contributed by atoms with Gasteiger partial charge in [-0.05, 0) is 62.0 Å². The van der Waals surface area contributed by atoms with Crippen LogP contribution in [0.4, 0.5) is 0 Å². The summed E-state index contributed by atoms with van der Waals surface area (Å²) < 4.78 is 29.2. The van der Waals surface area contributed by atoms with E-state index in [0.717, 1.165) is 23.7 Å². The van der Waals surface area contributed by atoms with Gasteiger partial charge in [-0.25, -0.2) is 8.42 Å². The minimum atomic E-state index is -3.89. The van der Waals surface area contributed by atoms with Crippen LogP contribution in [0.3, 0.4) is 0 Å². The Bertz CT molecular complexity index is 1820. The molecule has 264 valence electrons. The number of amides is 5. The van der Waals surface area contributed by atoms with E-state index in [1.54, 1.807) is 17.7 Å². The number of fused-ring (bicyclic) bond motifs is 1. The van der Waals surface area contributed by atoms with Crippen LogP contribution < -0.4 is 20.7 Å². The van der Waals surface area contributed by atoms with Crippen molar-refractivity contribution in [2.24, 2.45) is 24.3 Å². The second kappa shape index (κ2) is 12.6. The van der Waals surface area contributed by atoms with Crippen molar-refractivity contribution in [1.29, 1.82) is 0 Å². The van der Waals surface area contributed by atoms with Gasteiger partial charge < -0.3 is 25.4 Å². The molecule has 3 aliphatic carbocycles. The average Bonchev–Trinajstić information content (AvgIpc) is 3.95. The molecule has 49 heavy (non-hydrogen) atoms. The third-order valence-electron chi connectivity index (χ3n) is 10.2. The molecule has 5 atom stereocenters. The number of rotatable bonds is 12. The van der Waals surface area contributed by atoms with Crippen LogP contribution in [0, 0.1) is 17.3 Å². The Morgan fingerprint density at radius 1 is 1.08 bits per heavy atom. The molecule has 2 heterocycles. The first-order chi connectivity index (χ1) is 23.0. The number of sulfonamides is 1. The highest BCUT2D eigenvalue weighted by atomic mass is 32.2. The molecule has 4 fully saturated rings. The Balaban J connectivity index is 1.25. The van der Waals surface area contributed by atoms with E-state index in [2.05, 4.69) is 27.3 Å². The first-order valence-corrected chi connectivity index (χ1v) is 18.5. The van der Waals surface area contributed by atoms with Gasteiger partial charge in [0.1, 0.15) is 23.3 Å². The van der Waals surface area contributed by atoms with Crippen molar-refractivity contribution < 1.29 is 32.4 Å². The number of carbonyl (C=O) groups is 5. The molecule has 1 aromatic carbocycles. The van der Waals surface area contributed by atoms with Gasteiger partial charge in [-0.15, -0.1) is 6.58 Å². The summed E-state index contributed by atoms with van der Waals surface area (Å²) in [4.78, 5) is 69.8. The maximum Gasteiger partial charge on any atom is 0.268 e. The number of para-hydroxylation sites is 1. The number of nitrogens with zero attached hydrogens (tertiary/aromatic N) is 2. The topological polar surface area (TPSA) is 176 Å². The average molecular weight is 695 g/mol. The van der Waals surface area contributed by atoms with Gasteiger partial charge in [-0.2, -0.15) is 0 Å². The van der Waals surface area contributed by atoms with Gasteiger partial charge in [0.25, 0.3) is 11.8 Å². The van der Waals surface area contributed by atoms with E-state index < -0.39 is 68.0 Å². The molecule has 4 aliphatic rings. The van der Waals surface area contributed by atoms with Crippen LogP contribution in [0.2, 0.25) is 0 Å². The van der Waals surface area contributed by atoms with Gasteiger partial charge in [0.05, 0.1) is 5.25 Å². The lowest BCUT2D eigenvalue weighted by Crippen LogP contribution is -2.60. The summed E-state index contributed by atoms with van der Waals surface area (Å²) in [5.41, 5.74) is -0.977. The number of likely N-dealkylation sites (tertiary alicyclic amines) is 1. The highest BCUT2D eigenvalue weighted by Crippen LogP contribution is 2.45. The van der Waals surface area contributed by atoms with Crippen LogP contribution in [0.25, 0.3) is 10.9 Å². The van der Waals surface area contributed by atoms with Gasteiger partial charge in [0.2, 0.25) is 27.7 Å². The van der Waals surface area contributed by atoms with Gasteiger partial charge in [-0.3, -0.25) is 28.7 Å². The molecule has 13 nitrogen and oxygen atoms in total. The molecule has 0 spiro atoms. The second-order valence-corrected chi connectivity index (χ2v) is 17.2. The molecular weight excluding hydrogens is 648 g/mol. The van der Waals surface area contributed by atoms with Crippen LogP contribution in [-0.4, -0.2) is 82.9 Å². The summed E-state index contributed by atoms with van der Waals surface area (Å²) in [5, 5.41) is 8.93. The van der Waals surface area contributed by atoms with Crippen LogP contribution >= 0.6 is 0 Å². The first-order valence-electron chi connectivity index (χ1n) is 17.0. The Morgan fingerprint density at radius 3 is 2.37 bits per heavy atom. The predicted molar refractivity (Wildman–Crippen MR) is 182 cm³/mol. The molecule has 1 aromatic heterocycles. The van der Waals surface area contributed by atoms with E-state index in [9.17, 15) is 32.4 Å². The number of benzene rings is 1. The zero-order chi connectivity index (χ0) is 35.5. The van der Waals surface area contributed by atoms with Crippen molar-refractivity contribution in [3.8, 4) is 0 Å². The predicted octanol–water partition coefficient (Wildman–Crippen LogP) is 1.88. The summed E-state index contributed by atoms with van der Waals surface area (Å²) >= 11 is 0. The third-order valence-corrected chi connectivity index (χ3v) is 12.1. The van der Waals surface area contributed by atoms with Crippen molar-refractivity contribution in [3.05, 3.63) is 48.7 Å². The maximum atomic E-state index is 14.4. The maximum absolute atomic E-state index is 14.4. The van der Waals surface area contributed by atoms with Crippen molar-refractivity contribution in [2.45, 2.75) is 94.6 Å². The molecule has 3 saturated carbocycles. The zero-order valence-corrected chi connectivity index (χ0v) is 29.3. The van der Waals surface area contributed by atoms with Gasteiger partial charge in [0, 0.05) is 42.9 Å². The lowest BCUT2D eigenvalue weighted by atomic mass is 9.85. The van der Waals surface area contributed by atoms with Crippen LogP contribution in [0.15, 0.2) is 43.0 Å². The van der Waals surface area contributed by atoms with Crippen LogP contribution in [-0.2, 0) is 36.2 Å². The second-order valence-electron chi connectivity index (χ2n) is 15.3. The van der Waals surface area contributed by atoms with E-state index in [-0.39, 0.29) is 31.2 Å². The molecule has 5 amide bonds. The fourth-order valence-electron chi connectivity index (χ4n) is 6.84. The molecule has 1 saturated heterocycles. The third kappa shape index (κ3) is 7.10. The van der Waals surface area contributed by atoms with Crippen molar-refractivity contribution in [1.82, 2.24) is 30.1 Å². The van der Waals surface area contributed by atoms with Crippen LogP contribution in [0.1, 0.15) is 76.2 Å². The quantitative estimate of drug-likeness (QED) is 0.245. The molecule has 2 unspecified atom stereocenters. The Kier molecular flexibility index (Phi) is 8.91. The van der Waals surface area contributed by atoms with E-state index in [4.69, 9.17) is 0 Å². The largest absolute Gasteiger partial charge is 0.346 e. The van der Waals surface area contributed by atoms with Crippen molar-refractivity contribution in [2.75, 3.05) is 6.54 Å². The molecule has 2 aromatic rings. The fourth-order valence-corrected chi connectivity index (χ4v) is 8.20. The molecule has 1 aliphatic heterocycles. The van der Waals surface area contributed by atoms with E-state index in [1.807, 2.05) is 45.0 Å². The fraction of sp³-hybridized carbons (Fsp3) is 0.571. The van der Waals surface area contributed by atoms with Gasteiger partial charge >= 0.3 is 0 Å². The highest BCUT2D eigenvalue weighted by molar-refractivity contribution is 7.91. The number of hydrogen-bond donors (Lipinski definition) is 4. The summed E-state index contributed by atoms with van der Waals surface area (Å²) in [6.07, 6.45) is 4.87. The molecule has 0 radical (unpaired) electrons. The molecule has 6 rings (SSSR count). The van der Waals surface area contributed by atoms with Gasteiger partial charge in [-0.1, -0.05) is 45.0 Å². The zero-order valence-electron chi connectivity index (χ0n) is 28.5. The van der Waals surface area contributed by atoms with E-state index in [1.165, 1.54) is 11.0 Å². The Morgan fingerprint density at radius 2 is 1.78 bits per heavy atom. The van der Waals surface area contributed by atoms with E-state index in [0.29, 0.717) is 30.9 Å². The molecule has 0 bridgehead atoms. The number of nitrogens with one attached hydrogen (secondary N) is 4. The van der Waals surface area contributed by atoms with E-state index >= 15 is 0 Å². The number of carbonyl (C=O) groups excluding carboxylic acids is 5. The number of aromatic nitrogens is 1. The Hall–Kier alpha value is -4.20. The standard InChI is InChI=1S/C35H46N6O7S/c1-6-22-18-35(22,33(46)39-49(47,48)24-13-14-24)38-31(44)27-17-23(36-30(43)26-16-21-9-7-8-10-25(21)40(26)5)19-41(27)32(45)29(34(2,3)4)37-28(42)15-20-11-12-20/h6-10,16,20,22-24,27,29H,1,11-15,17-19H2,2-5H3,(H,36,43)(H,37,42)(H,38,44)(H,39,46)/t22?,23-,27+,29-,35?/m1/s1. The normalized spacial score (nSPS) is 25.7. The summed E-state index contributed by atoms with van der Waals surface area (Å²) in [6.45, 7) is 9.23. The molecule has 4 N–H and O–H groups in total. The molecular formula is C35H46N6O7S. The van der Waals surface area contributed by atoms with Crippen molar-refractivity contribution >= 4 is 50.5 Å². The number of hydrogen-bond acceptors (Lipinski definition) is 7. The van der Waals surface area contributed by atoms with Crippen molar-refractivity contribution in [3.63, 3.8) is 0 Å². The summed E-state index contributed by atoms with van der Waals surface area (Å²) in [7, 11) is -2.10. The summed E-state index contributed by atoms with van der Waals surface area (Å²) in [5.74, 6) is -2.80. The lowest BCUT2D eigenvalue weighted by molar-refractivity contribution is -0.144. The Labute approximate surface area is 286 Å². The molecule has 14 heteroatoms. The van der Waals surface area contributed by atoms with Gasteiger partial charge in [0.15, 0.2) is 0 Å². The highest BCUT2D eigenvalue weighted by Gasteiger charge is 2.62. The monoisotopic (exact) mass is 694 g/mol. The summed E-state index contributed by atoms with van der Waals surface area (Å²) in [6, 6.07) is 6.63. The first kappa shape index (κ1) is 34.7. The van der Waals surface area contributed by atoms with Crippen LogP contribution in [0.5, 0.6) is 0 Å². The lowest BCUT2D eigenvalue weighted by Gasteiger charge is -2.35. The smallest absolute Gasteiger partial charge is 0.268 e. The minimum absolute atomic E-state index is 0.0161.